The third-order valence-electron chi connectivity index (χ3n) is 5.13. The number of aromatic nitrogens is 3. The van der Waals surface area contributed by atoms with E-state index in [1.54, 1.807) is 0 Å². The minimum atomic E-state index is -0.147. The molecule has 31 heavy (non-hydrogen) atoms. The lowest BCUT2D eigenvalue weighted by molar-refractivity contribution is -0.113. The molecular weight excluding hydrogens is 430 g/mol. The first-order valence-electron chi connectivity index (χ1n) is 10.2. The number of carbonyl (C=O) groups excluding carboxylic acids is 1. The summed E-state index contributed by atoms with van der Waals surface area (Å²) in [6.07, 6.45) is 4.16. The molecule has 0 aliphatic heterocycles. The number of nitrogens with zero attached hydrogens (tertiary/aromatic N) is 4. The van der Waals surface area contributed by atoms with E-state index in [-0.39, 0.29) is 11.7 Å². The van der Waals surface area contributed by atoms with Gasteiger partial charge in [0.1, 0.15) is 16.8 Å². The molecule has 0 radical (unpaired) electrons. The molecule has 0 bridgehead atoms. The number of benzene rings is 1. The summed E-state index contributed by atoms with van der Waals surface area (Å²) >= 11 is 2.86. The summed E-state index contributed by atoms with van der Waals surface area (Å²) in [7, 11) is 1.88. The van der Waals surface area contributed by atoms with Gasteiger partial charge in [0.15, 0.2) is 11.0 Å². The number of nitriles is 1. The molecule has 1 N–H and O–H groups in total. The van der Waals surface area contributed by atoms with E-state index in [0.29, 0.717) is 22.3 Å². The number of amides is 1. The quantitative estimate of drug-likeness (QED) is 0.532. The number of hydrogen-bond acceptors (Lipinski definition) is 7. The van der Waals surface area contributed by atoms with Gasteiger partial charge in [0.05, 0.1) is 17.9 Å². The first-order chi connectivity index (χ1) is 15.1. The molecule has 1 aliphatic carbocycles. The van der Waals surface area contributed by atoms with Crippen LogP contribution in [0.3, 0.4) is 0 Å². The molecule has 0 unspecified atom stereocenters. The van der Waals surface area contributed by atoms with Gasteiger partial charge in [-0.1, -0.05) is 11.8 Å². The van der Waals surface area contributed by atoms with E-state index in [1.165, 1.54) is 28.0 Å². The Balaban J connectivity index is 1.40. The van der Waals surface area contributed by atoms with Gasteiger partial charge in [0.25, 0.3) is 0 Å². The average Bonchev–Trinajstić information content (AvgIpc) is 3.32. The highest BCUT2D eigenvalue weighted by atomic mass is 32.2. The Hall–Kier alpha value is -2.83. The molecule has 9 heteroatoms. The van der Waals surface area contributed by atoms with Gasteiger partial charge in [-0.05, 0) is 62.4 Å². The topological polar surface area (TPSA) is 92.8 Å². The number of fused-ring (bicyclic) bond motifs is 1. The summed E-state index contributed by atoms with van der Waals surface area (Å²) in [5, 5.41) is 22.3. The molecule has 0 saturated heterocycles. The minimum absolute atomic E-state index is 0.147. The fraction of sp³-hybridized carbons (Fsp3) is 0.364. The van der Waals surface area contributed by atoms with Crippen molar-refractivity contribution < 1.29 is 9.53 Å². The average molecular weight is 454 g/mol. The second-order valence-electron chi connectivity index (χ2n) is 7.19. The number of ether oxygens (including phenoxy) is 1. The zero-order valence-electron chi connectivity index (χ0n) is 17.5. The predicted octanol–water partition coefficient (Wildman–Crippen LogP) is 4.42. The van der Waals surface area contributed by atoms with Crippen LogP contribution in [-0.2, 0) is 24.7 Å². The number of rotatable bonds is 7. The van der Waals surface area contributed by atoms with Crippen molar-refractivity contribution in [3.8, 4) is 23.2 Å². The molecule has 0 fully saturated rings. The van der Waals surface area contributed by atoms with Crippen LogP contribution in [0.5, 0.6) is 5.75 Å². The SMILES string of the molecule is CCOc1ccc(-c2nnc(SCC(=O)Nc3sc4c(c3C#N)CCCC4)n2C)cc1. The van der Waals surface area contributed by atoms with Crippen molar-refractivity contribution in [2.24, 2.45) is 7.05 Å². The molecule has 1 amide bonds. The van der Waals surface area contributed by atoms with Crippen molar-refractivity contribution >= 4 is 34.0 Å². The van der Waals surface area contributed by atoms with Crippen LogP contribution in [0.4, 0.5) is 5.00 Å². The first-order valence-corrected chi connectivity index (χ1v) is 12.0. The van der Waals surface area contributed by atoms with E-state index in [4.69, 9.17) is 4.74 Å². The fourth-order valence-electron chi connectivity index (χ4n) is 3.62. The smallest absolute Gasteiger partial charge is 0.235 e. The molecule has 160 valence electrons. The van der Waals surface area contributed by atoms with Gasteiger partial charge in [-0.15, -0.1) is 21.5 Å². The fourth-order valence-corrected chi connectivity index (χ4v) is 5.59. The molecule has 2 aromatic heterocycles. The molecule has 0 spiro atoms. The molecule has 3 aromatic rings. The van der Waals surface area contributed by atoms with Crippen LogP contribution in [0, 0.1) is 11.3 Å². The van der Waals surface area contributed by atoms with Crippen molar-refractivity contribution in [1.82, 2.24) is 14.8 Å². The maximum Gasteiger partial charge on any atom is 0.235 e. The van der Waals surface area contributed by atoms with Crippen LogP contribution >= 0.6 is 23.1 Å². The summed E-state index contributed by atoms with van der Waals surface area (Å²) in [4.78, 5) is 13.8. The molecule has 7 nitrogen and oxygen atoms in total. The Morgan fingerprint density at radius 3 is 2.81 bits per heavy atom. The van der Waals surface area contributed by atoms with Crippen molar-refractivity contribution in [1.29, 1.82) is 5.26 Å². The second kappa shape index (κ2) is 9.54. The monoisotopic (exact) mass is 453 g/mol. The van der Waals surface area contributed by atoms with Crippen LogP contribution in [0.25, 0.3) is 11.4 Å². The minimum Gasteiger partial charge on any atom is -0.494 e. The maximum absolute atomic E-state index is 12.5. The number of nitrogens with one attached hydrogen (secondary N) is 1. The summed E-state index contributed by atoms with van der Waals surface area (Å²) in [6, 6.07) is 9.97. The Labute approximate surface area is 189 Å². The standard InChI is InChI=1S/C22H23N5O2S2/c1-3-29-15-10-8-14(9-11-15)20-25-26-22(27(20)2)30-13-19(28)24-21-17(12-23)16-6-4-5-7-18(16)31-21/h8-11H,3-7,13H2,1-2H3,(H,24,28). The summed E-state index contributed by atoms with van der Waals surface area (Å²) in [5.41, 5.74) is 2.68. The van der Waals surface area contributed by atoms with Gasteiger partial charge in [-0.2, -0.15) is 5.26 Å². The van der Waals surface area contributed by atoms with Crippen LogP contribution < -0.4 is 10.1 Å². The molecule has 2 heterocycles. The zero-order chi connectivity index (χ0) is 21.8. The highest BCUT2D eigenvalue weighted by Gasteiger charge is 2.22. The van der Waals surface area contributed by atoms with E-state index in [9.17, 15) is 10.1 Å². The van der Waals surface area contributed by atoms with E-state index in [0.717, 1.165) is 48.4 Å². The van der Waals surface area contributed by atoms with Crippen molar-refractivity contribution in [3.63, 3.8) is 0 Å². The number of thiophene rings is 1. The third-order valence-corrected chi connectivity index (χ3v) is 7.35. The van der Waals surface area contributed by atoms with Gasteiger partial charge in [0, 0.05) is 17.5 Å². The van der Waals surface area contributed by atoms with Gasteiger partial charge in [-0.3, -0.25) is 4.79 Å². The highest BCUT2D eigenvalue weighted by Crippen LogP contribution is 2.37. The summed E-state index contributed by atoms with van der Waals surface area (Å²) in [5.74, 6) is 1.59. The Bertz CT molecular complexity index is 1130. The van der Waals surface area contributed by atoms with Crippen LogP contribution in [0.1, 0.15) is 35.8 Å². The van der Waals surface area contributed by atoms with Gasteiger partial charge in [-0.25, -0.2) is 0 Å². The number of anilines is 1. The zero-order valence-corrected chi connectivity index (χ0v) is 19.1. The summed E-state index contributed by atoms with van der Waals surface area (Å²) < 4.78 is 7.35. The van der Waals surface area contributed by atoms with E-state index in [2.05, 4.69) is 21.6 Å². The largest absolute Gasteiger partial charge is 0.494 e. The van der Waals surface area contributed by atoms with Gasteiger partial charge >= 0.3 is 0 Å². The second-order valence-corrected chi connectivity index (χ2v) is 9.23. The molecule has 4 rings (SSSR count). The highest BCUT2D eigenvalue weighted by molar-refractivity contribution is 7.99. The third kappa shape index (κ3) is 4.60. The van der Waals surface area contributed by atoms with Gasteiger partial charge in [0.2, 0.25) is 5.91 Å². The van der Waals surface area contributed by atoms with E-state index >= 15 is 0 Å². The molecule has 1 aromatic carbocycles. The number of aryl methyl sites for hydroxylation is 1. The summed E-state index contributed by atoms with van der Waals surface area (Å²) in [6.45, 7) is 2.57. The Morgan fingerprint density at radius 1 is 1.29 bits per heavy atom. The van der Waals surface area contributed by atoms with E-state index in [1.807, 2.05) is 42.8 Å². The lowest BCUT2D eigenvalue weighted by Crippen LogP contribution is -2.14. The number of thioether (sulfide) groups is 1. The lowest BCUT2D eigenvalue weighted by Gasteiger charge is -2.09. The Kier molecular flexibility index (Phi) is 6.59. The Morgan fingerprint density at radius 2 is 2.06 bits per heavy atom. The first kappa shape index (κ1) is 21.4. The molecular formula is C22H23N5O2S2. The van der Waals surface area contributed by atoms with E-state index < -0.39 is 0 Å². The van der Waals surface area contributed by atoms with Crippen LogP contribution in [0.2, 0.25) is 0 Å². The number of hydrogen-bond donors (Lipinski definition) is 1. The molecule has 1 aliphatic rings. The lowest BCUT2D eigenvalue weighted by atomic mass is 9.96. The normalized spacial score (nSPS) is 12.8. The van der Waals surface area contributed by atoms with Gasteiger partial charge < -0.3 is 14.6 Å². The van der Waals surface area contributed by atoms with Crippen molar-refractivity contribution in [2.75, 3.05) is 17.7 Å². The maximum atomic E-state index is 12.5. The molecule has 0 atom stereocenters. The predicted molar refractivity (Wildman–Crippen MR) is 123 cm³/mol. The molecule has 0 saturated carbocycles. The van der Waals surface area contributed by atoms with Crippen molar-refractivity contribution in [2.45, 2.75) is 37.8 Å². The van der Waals surface area contributed by atoms with Crippen molar-refractivity contribution in [3.05, 3.63) is 40.3 Å². The number of carbonyl (C=O) groups is 1. The van der Waals surface area contributed by atoms with Crippen LogP contribution in [0.15, 0.2) is 29.4 Å². The van der Waals surface area contributed by atoms with Crippen LogP contribution in [-0.4, -0.2) is 33.0 Å².